The summed E-state index contributed by atoms with van der Waals surface area (Å²) >= 11 is 1.75. The van der Waals surface area contributed by atoms with E-state index in [9.17, 15) is 0 Å². The third kappa shape index (κ3) is 2.47. The summed E-state index contributed by atoms with van der Waals surface area (Å²) in [6, 6.07) is 6.35. The Kier molecular flexibility index (Phi) is 3.66. The van der Waals surface area contributed by atoms with E-state index < -0.39 is 0 Å². The summed E-state index contributed by atoms with van der Waals surface area (Å²) in [5.74, 6) is 5.62. The highest BCUT2D eigenvalue weighted by atomic mass is 32.1. The van der Waals surface area contributed by atoms with Crippen LogP contribution in [0.25, 0.3) is 0 Å². The highest BCUT2D eigenvalue weighted by molar-refractivity contribution is 7.10. The first kappa shape index (κ1) is 11.3. The summed E-state index contributed by atoms with van der Waals surface area (Å²) in [6.45, 7) is 2.12. The Morgan fingerprint density at radius 3 is 2.69 bits per heavy atom. The fourth-order valence-electron chi connectivity index (χ4n) is 1.77. The Morgan fingerprint density at radius 1 is 1.38 bits per heavy atom. The molecule has 0 aliphatic rings. The maximum absolute atomic E-state index is 5.62. The third-order valence-corrected chi connectivity index (χ3v) is 3.53. The fraction of sp³-hybridized carbons (Fsp3) is 0.250. The number of hydrogen-bond donors (Lipinski definition) is 2. The quantitative estimate of drug-likeness (QED) is 0.629. The molecule has 0 amide bonds. The van der Waals surface area contributed by atoms with Gasteiger partial charge < -0.3 is 0 Å². The van der Waals surface area contributed by atoms with Gasteiger partial charge in [0.15, 0.2) is 0 Å². The zero-order valence-corrected chi connectivity index (χ0v) is 10.00. The van der Waals surface area contributed by atoms with Gasteiger partial charge in [0.05, 0.1) is 6.04 Å². The molecule has 2 heterocycles. The molecule has 0 aliphatic carbocycles. The number of aryl methyl sites for hydroxylation is 1. The van der Waals surface area contributed by atoms with Gasteiger partial charge in [-0.1, -0.05) is 0 Å². The van der Waals surface area contributed by atoms with Crippen LogP contribution < -0.4 is 11.3 Å². The largest absolute Gasteiger partial charge is 0.271 e. The zero-order valence-electron chi connectivity index (χ0n) is 9.18. The van der Waals surface area contributed by atoms with E-state index in [4.69, 9.17) is 5.84 Å². The maximum atomic E-state index is 5.62. The van der Waals surface area contributed by atoms with Crippen LogP contribution in [-0.2, 0) is 6.42 Å². The first-order valence-corrected chi connectivity index (χ1v) is 6.08. The standard InChI is InChI=1S/C12H15N3S/c1-9-11(4-7-16-9)12(15-13)8-10-2-5-14-6-3-10/h2-7,12,15H,8,13H2,1H3. The second kappa shape index (κ2) is 5.21. The summed E-state index contributed by atoms with van der Waals surface area (Å²) < 4.78 is 0. The summed E-state index contributed by atoms with van der Waals surface area (Å²) in [5.41, 5.74) is 5.40. The van der Waals surface area contributed by atoms with Gasteiger partial charge in [-0.2, -0.15) is 0 Å². The average molecular weight is 233 g/mol. The van der Waals surface area contributed by atoms with Crippen LogP contribution >= 0.6 is 11.3 Å². The van der Waals surface area contributed by atoms with Crippen molar-refractivity contribution in [3.05, 3.63) is 52.0 Å². The van der Waals surface area contributed by atoms with Crippen LogP contribution in [0.2, 0.25) is 0 Å². The highest BCUT2D eigenvalue weighted by Gasteiger charge is 2.13. The van der Waals surface area contributed by atoms with Gasteiger partial charge in [0.2, 0.25) is 0 Å². The second-order valence-electron chi connectivity index (χ2n) is 3.71. The van der Waals surface area contributed by atoms with E-state index in [0.717, 1.165) is 6.42 Å². The Bertz CT molecular complexity index is 439. The number of pyridine rings is 1. The number of rotatable bonds is 4. The molecule has 4 heteroatoms. The summed E-state index contributed by atoms with van der Waals surface area (Å²) in [6.07, 6.45) is 4.50. The lowest BCUT2D eigenvalue weighted by atomic mass is 10.0. The van der Waals surface area contributed by atoms with Crippen molar-refractivity contribution in [2.45, 2.75) is 19.4 Å². The lowest BCUT2D eigenvalue weighted by molar-refractivity contribution is 0.551. The van der Waals surface area contributed by atoms with E-state index in [-0.39, 0.29) is 6.04 Å². The van der Waals surface area contributed by atoms with Crippen molar-refractivity contribution in [2.75, 3.05) is 0 Å². The minimum absolute atomic E-state index is 0.175. The first-order chi connectivity index (χ1) is 7.81. The molecule has 2 aromatic rings. The molecule has 0 spiro atoms. The van der Waals surface area contributed by atoms with Gasteiger partial charge in [-0.3, -0.25) is 16.3 Å². The van der Waals surface area contributed by atoms with Crippen molar-refractivity contribution in [1.29, 1.82) is 0 Å². The molecule has 2 aromatic heterocycles. The minimum Gasteiger partial charge on any atom is -0.271 e. The number of aromatic nitrogens is 1. The molecule has 0 radical (unpaired) electrons. The van der Waals surface area contributed by atoms with Crippen LogP contribution in [0, 0.1) is 6.92 Å². The Morgan fingerprint density at radius 2 is 2.12 bits per heavy atom. The van der Waals surface area contributed by atoms with Gasteiger partial charge >= 0.3 is 0 Å². The van der Waals surface area contributed by atoms with Crippen molar-refractivity contribution in [1.82, 2.24) is 10.4 Å². The van der Waals surface area contributed by atoms with Gasteiger partial charge in [-0.15, -0.1) is 11.3 Å². The summed E-state index contributed by atoms with van der Waals surface area (Å²) in [7, 11) is 0. The van der Waals surface area contributed by atoms with Crippen LogP contribution in [-0.4, -0.2) is 4.98 Å². The third-order valence-electron chi connectivity index (χ3n) is 2.66. The molecular weight excluding hydrogens is 218 g/mol. The molecule has 16 heavy (non-hydrogen) atoms. The van der Waals surface area contributed by atoms with Crippen LogP contribution in [0.15, 0.2) is 36.0 Å². The van der Waals surface area contributed by atoms with Crippen molar-refractivity contribution >= 4 is 11.3 Å². The van der Waals surface area contributed by atoms with Crippen molar-refractivity contribution < 1.29 is 0 Å². The molecular formula is C12H15N3S. The number of thiophene rings is 1. The van der Waals surface area contributed by atoms with Crippen molar-refractivity contribution in [2.24, 2.45) is 5.84 Å². The summed E-state index contributed by atoms with van der Waals surface area (Å²) in [4.78, 5) is 5.33. The van der Waals surface area contributed by atoms with E-state index in [0.29, 0.717) is 0 Å². The molecule has 0 bridgehead atoms. The number of hydrazine groups is 1. The van der Waals surface area contributed by atoms with E-state index in [1.165, 1.54) is 16.0 Å². The van der Waals surface area contributed by atoms with E-state index in [2.05, 4.69) is 28.8 Å². The lowest BCUT2D eigenvalue weighted by Gasteiger charge is -2.15. The van der Waals surface area contributed by atoms with E-state index in [1.807, 2.05) is 24.5 Å². The smallest absolute Gasteiger partial charge is 0.0511 e. The SMILES string of the molecule is Cc1sccc1C(Cc1ccncc1)NN. The molecule has 2 rings (SSSR count). The fourth-order valence-corrected chi connectivity index (χ4v) is 2.53. The first-order valence-electron chi connectivity index (χ1n) is 5.20. The van der Waals surface area contributed by atoms with Gasteiger partial charge in [0.25, 0.3) is 0 Å². The predicted molar refractivity (Wildman–Crippen MR) is 67.1 cm³/mol. The second-order valence-corrected chi connectivity index (χ2v) is 4.83. The van der Waals surface area contributed by atoms with Crippen LogP contribution in [0.4, 0.5) is 0 Å². The minimum atomic E-state index is 0.175. The van der Waals surface area contributed by atoms with Crippen LogP contribution in [0.5, 0.6) is 0 Å². The molecule has 0 aliphatic heterocycles. The molecule has 0 saturated heterocycles. The molecule has 3 N–H and O–H groups in total. The number of nitrogens with zero attached hydrogens (tertiary/aromatic N) is 1. The van der Waals surface area contributed by atoms with Crippen LogP contribution in [0.3, 0.4) is 0 Å². The number of hydrogen-bond acceptors (Lipinski definition) is 4. The molecule has 1 unspecified atom stereocenters. The normalized spacial score (nSPS) is 12.6. The molecule has 0 saturated carbocycles. The van der Waals surface area contributed by atoms with E-state index in [1.54, 1.807) is 11.3 Å². The maximum Gasteiger partial charge on any atom is 0.0511 e. The highest BCUT2D eigenvalue weighted by Crippen LogP contribution is 2.24. The number of nitrogens with one attached hydrogen (secondary N) is 1. The molecule has 0 fully saturated rings. The average Bonchev–Trinajstić information content (AvgIpc) is 2.74. The van der Waals surface area contributed by atoms with Gasteiger partial charge in [-0.25, -0.2) is 0 Å². The molecule has 1 atom stereocenters. The monoisotopic (exact) mass is 233 g/mol. The Labute approximate surface area is 99.3 Å². The van der Waals surface area contributed by atoms with Crippen molar-refractivity contribution in [3.63, 3.8) is 0 Å². The van der Waals surface area contributed by atoms with Gasteiger partial charge in [-0.05, 0) is 48.1 Å². The molecule has 84 valence electrons. The number of nitrogens with two attached hydrogens (primary N) is 1. The lowest BCUT2D eigenvalue weighted by Crippen LogP contribution is -2.29. The molecule has 3 nitrogen and oxygen atoms in total. The Balaban J connectivity index is 2.16. The van der Waals surface area contributed by atoms with Crippen molar-refractivity contribution in [3.8, 4) is 0 Å². The van der Waals surface area contributed by atoms with Crippen LogP contribution in [0.1, 0.15) is 22.0 Å². The summed E-state index contributed by atoms with van der Waals surface area (Å²) in [5, 5.41) is 2.10. The van der Waals surface area contributed by atoms with E-state index >= 15 is 0 Å². The van der Waals surface area contributed by atoms with Gasteiger partial charge in [0.1, 0.15) is 0 Å². The zero-order chi connectivity index (χ0) is 11.4. The Hall–Kier alpha value is -1.23. The predicted octanol–water partition coefficient (Wildman–Crippen LogP) is 2.20. The molecule has 0 aromatic carbocycles. The topological polar surface area (TPSA) is 50.9 Å². The van der Waals surface area contributed by atoms with Gasteiger partial charge in [0, 0.05) is 17.3 Å².